The SMILES string of the molecule is CCCCC(c1nc2ccccc2s1)C1(C(CCO[Si](C)(C(C)(C)C)C(C)(C)C)c2nc3ccccc3s2)c2ccccc2-c2ccccc21. The van der Waals surface area contributed by atoms with Gasteiger partial charge in [0.1, 0.15) is 0 Å². The zero-order valence-corrected chi connectivity index (χ0v) is 33.7. The summed E-state index contributed by atoms with van der Waals surface area (Å²) in [6, 6.07) is 35.8. The molecule has 50 heavy (non-hydrogen) atoms. The molecule has 0 N–H and O–H groups in total. The van der Waals surface area contributed by atoms with E-state index >= 15 is 0 Å². The van der Waals surface area contributed by atoms with E-state index in [0.29, 0.717) is 6.61 Å². The predicted molar refractivity (Wildman–Crippen MR) is 219 cm³/mol. The van der Waals surface area contributed by atoms with E-state index in [-0.39, 0.29) is 27.3 Å². The van der Waals surface area contributed by atoms with Gasteiger partial charge in [-0.1, -0.05) is 134 Å². The normalized spacial score (nSPS) is 15.7. The lowest BCUT2D eigenvalue weighted by Crippen LogP contribution is -2.52. The molecule has 2 heterocycles. The number of thiazole rings is 2. The second-order valence-corrected chi connectivity index (χ2v) is 23.9. The number of fused-ring (bicyclic) bond motifs is 5. The summed E-state index contributed by atoms with van der Waals surface area (Å²) < 4.78 is 9.89. The average molecular weight is 717 g/mol. The molecule has 4 aromatic carbocycles. The molecule has 0 bridgehead atoms. The van der Waals surface area contributed by atoms with Crippen LogP contribution in [0.2, 0.25) is 16.6 Å². The molecule has 6 heteroatoms. The highest BCUT2D eigenvalue weighted by atomic mass is 32.1. The molecule has 0 amide bonds. The minimum Gasteiger partial charge on any atom is -0.416 e. The van der Waals surface area contributed by atoms with E-state index in [1.807, 2.05) is 22.7 Å². The topological polar surface area (TPSA) is 35.0 Å². The van der Waals surface area contributed by atoms with Crippen LogP contribution in [0.15, 0.2) is 97.1 Å². The van der Waals surface area contributed by atoms with Crippen molar-refractivity contribution in [3.8, 4) is 11.1 Å². The van der Waals surface area contributed by atoms with Crippen molar-refractivity contribution in [3.05, 3.63) is 118 Å². The summed E-state index contributed by atoms with van der Waals surface area (Å²) >= 11 is 3.77. The van der Waals surface area contributed by atoms with Crippen LogP contribution < -0.4 is 0 Å². The van der Waals surface area contributed by atoms with Crippen LogP contribution in [0.1, 0.15) is 107 Å². The van der Waals surface area contributed by atoms with Crippen molar-refractivity contribution >= 4 is 51.4 Å². The van der Waals surface area contributed by atoms with Crippen LogP contribution >= 0.6 is 22.7 Å². The van der Waals surface area contributed by atoms with E-state index in [1.54, 1.807) is 0 Å². The number of hydrogen-bond donors (Lipinski definition) is 0. The van der Waals surface area contributed by atoms with Crippen molar-refractivity contribution in [2.75, 3.05) is 6.61 Å². The van der Waals surface area contributed by atoms with Crippen molar-refractivity contribution in [2.45, 2.75) is 108 Å². The molecule has 1 aliphatic rings. The van der Waals surface area contributed by atoms with Crippen molar-refractivity contribution < 1.29 is 4.43 Å². The highest BCUT2D eigenvalue weighted by Crippen LogP contribution is 2.64. The monoisotopic (exact) mass is 716 g/mol. The van der Waals surface area contributed by atoms with Crippen LogP contribution in [0, 0.1) is 0 Å². The molecular weight excluding hydrogens is 665 g/mol. The van der Waals surface area contributed by atoms with Crippen molar-refractivity contribution in [2.24, 2.45) is 0 Å². The number of para-hydroxylation sites is 2. The van der Waals surface area contributed by atoms with E-state index in [4.69, 9.17) is 14.4 Å². The van der Waals surface area contributed by atoms with E-state index in [2.05, 4.69) is 152 Å². The number of benzene rings is 4. The van der Waals surface area contributed by atoms with E-state index < -0.39 is 8.32 Å². The second-order valence-electron chi connectivity index (χ2n) is 16.4. The highest BCUT2D eigenvalue weighted by Gasteiger charge is 2.56. The van der Waals surface area contributed by atoms with Gasteiger partial charge in [-0.15, -0.1) is 22.7 Å². The van der Waals surface area contributed by atoms with Crippen molar-refractivity contribution in [3.63, 3.8) is 0 Å². The summed E-state index contributed by atoms with van der Waals surface area (Å²) in [5.74, 6) is 0.243. The fraction of sp³-hybridized carbons (Fsp3) is 0.409. The Morgan fingerprint density at radius 2 is 1.08 bits per heavy atom. The summed E-state index contributed by atoms with van der Waals surface area (Å²) in [4.78, 5) is 11.0. The Morgan fingerprint density at radius 1 is 0.640 bits per heavy atom. The van der Waals surface area contributed by atoms with Gasteiger partial charge in [0, 0.05) is 23.9 Å². The Hall–Kier alpha value is -3.16. The number of aromatic nitrogens is 2. The van der Waals surface area contributed by atoms with Crippen LogP contribution in [0.3, 0.4) is 0 Å². The third-order valence-corrected chi connectivity index (χ3v) is 20.7. The lowest BCUT2D eigenvalue weighted by Gasteiger charge is -2.49. The van der Waals surface area contributed by atoms with E-state index in [0.717, 1.165) is 36.7 Å². The number of nitrogens with zero attached hydrogens (tertiary/aromatic N) is 2. The zero-order valence-electron chi connectivity index (χ0n) is 31.0. The first kappa shape index (κ1) is 35.2. The first-order valence-corrected chi connectivity index (χ1v) is 22.5. The fourth-order valence-corrected chi connectivity index (χ4v) is 14.8. The molecule has 260 valence electrons. The maximum absolute atomic E-state index is 7.38. The third-order valence-electron chi connectivity index (χ3n) is 11.9. The summed E-state index contributed by atoms with van der Waals surface area (Å²) in [5, 5.41) is 2.62. The smallest absolute Gasteiger partial charge is 0.200 e. The molecule has 1 aliphatic carbocycles. The number of unbranched alkanes of at least 4 members (excludes halogenated alkanes) is 1. The number of rotatable bonds is 11. The summed E-state index contributed by atoms with van der Waals surface area (Å²) in [6.45, 7) is 19.8. The van der Waals surface area contributed by atoms with Gasteiger partial charge < -0.3 is 4.43 Å². The van der Waals surface area contributed by atoms with Gasteiger partial charge >= 0.3 is 0 Å². The molecule has 0 aliphatic heterocycles. The largest absolute Gasteiger partial charge is 0.416 e. The Balaban J connectivity index is 1.50. The maximum atomic E-state index is 7.38. The molecule has 0 fully saturated rings. The molecular formula is C44H52N2OS2Si. The third kappa shape index (κ3) is 5.80. The summed E-state index contributed by atoms with van der Waals surface area (Å²) in [7, 11) is -2.22. The van der Waals surface area contributed by atoms with Crippen LogP contribution in [0.5, 0.6) is 0 Å². The molecule has 0 saturated heterocycles. The van der Waals surface area contributed by atoms with Crippen LogP contribution in [-0.4, -0.2) is 24.9 Å². The first-order chi connectivity index (χ1) is 23.9. The minimum absolute atomic E-state index is 0.0803. The Kier molecular flexibility index (Phi) is 9.47. The first-order valence-electron chi connectivity index (χ1n) is 18.4. The highest BCUT2D eigenvalue weighted by molar-refractivity contribution is 7.19. The summed E-state index contributed by atoms with van der Waals surface area (Å²) in [5.41, 5.74) is 7.33. The van der Waals surface area contributed by atoms with Gasteiger partial charge in [0.05, 0.1) is 30.4 Å². The standard InChI is InChI=1S/C44H52N2OS2Si/c1-9-10-21-34(40-45-36-24-15-17-26-38(36)48-40)44(32-22-13-11-19-30(32)31-20-12-14-23-33(31)44)35(41-46-37-25-16-18-27-39(37)49-41)28-29-47-50(8,42(2,3)4)43(5,6)7/h11-20,22-27,34-35H,9-10,21,28-29H2,1-8H3. The lowest BCUT2D eigenvalue weighted by molar-refractivity contribution is 0.219. The quantitative estimate of drug-likeness (QED) is 0.125. The van der Waals surface area contributed by atoms with Crippen molar-refractivity contribution in [1.29, 1.82) is 0 Å². The number of hydrogen-bond acceptors (Lipinski definition) is 5. The molecule has 2 atom stereocenters. The molecule has 2 aromatic heterocycles. The van der Waals surface area contributed by atoms with Gasteiger partial charge in [0.15, 0.2) is 8.32 Å². The van der Waals surface area contributed by atoms with Crippen LogP contribution in [-0.2, 0) is 9.84 Å². The molecule has 2 unspecified atom stereocenters. The Morgan fingerprint density at radius 3 is 1.54 bits per heavy atom. The van der Waals surface area contributed by atoms with Gasteiger partial charge in [-0.05, 0) is 76.0 Å². The molecule has 0 spiro atoms. The zero-order chi connectivity index (χ0) is 35.3. The molecule has 3 nitrogen and oxygen atoms in total. The van der Waals surface area contributed by atoms with E-state index in [9.17, 15) is 0 Å². The maximum Gasteiger partial charge on any atom is 0.200 e. The molecule has 0 radical (unpaired) electrons. The van der Waals surface area contributed by atoms with Crippen molar-refractivity contribution in [1.82, 2.24) is 9.97 Å². The van der Waals surface area contributed by atoms with Gasteiger partial charge in [-0.25, -0.2) is 9.97 Å². The van der Waals surface area contributed by atoms with Crippen LogP contribution in [0.4, 0.5) is 0 Å². The minimum atomic E-state index is -2.22. The average Bonchev–Trinajstić information content (AvgIpc) is 3.79. The van der Waals surface area contributed by atoms with Gasteiger partial charge in [-0.2, -0.15) is 0 Å². The fourth-order valence-electron chi connectivity index (χ4n) is 8.81. The predicted octanol–water partition coefficient (Wildman–Crippen LogP) is 13.5. The van der Waals surface area contributed by atoms with Gasteiger partial charge in [0.2, 0.25) is 0 Å². The molecule has 6 aromatic rings. The Bertz CT molecular complexity index is 1990. The lowest BCUT2D eigenvalue weighted by atomic mass is 9.59. The second kappa shape index (κ2) is 13.4. The summed E-state index contributed by atoms with van der Waals surface area (Å²) in [6.07, 6.45) is 4.20. The van der Waals surface area contributed by atoms with Gasteiger partial charge in [0.25, 0.3) is 0 Å². The molecule has 7 rings (SSSR count). The Labute approximate surface area is 308 Å². The van der Waals surface area contributed by atoms with Gasteiger partial charge in [-0.3, -0.25) is 0 Å². The van der Waals surface area contributed by atoms with Crippen LogP contribution in [0.25, 0.3) is 31.6 Å². The molecule has 0 saturated carbocycles. The van der Waals surface area contributed by atoms with E-state index in [1.165, 1.54) is 41.7 Å².